The predicted octanol–water partition coefficient (Wildman–Crippen LogP) is 0.690. The van der Waals surface area contributed by atoms with Crippen LogP contribution in [0.4, 0.5) is 0 Å². The highest BCUT2D eigenvalue weighted by molar-refractivity contribution is 5.94. The molecule has 1 unspecified atom stereocenters. The van der Waals surface area contributed by atoms with Gasteiger partial charge in [-0.25, -0.2) is 0 Å². The molecular weight excluding hydrogens is 192 g/mol. The second kappa shape index (κ2) is 4.96. The van der Waals surface area contributed by atoms with Crippen LogP contribution >= 0.6 is 0 Å². The number of carbonyl (C=O) groups is 2. The summed E-state index contributed by atoms with van der Waals surface area (Å²) in [5.41, 5.74) is 0.959. The molecule has 1 aliphatic rings. The molecule has 84 valence electrons. The zero-order valence-corrected chi connectivity index (χ0v) is 9.54. The third kappa shape index (κ3) is 2.81. The lowest BCUT2D eigenvalue weighted by atomic mass is 10.1. The van der Waals surface area contributed by atoms with Gasteiger partial charge in [0.1, 0.15) is 6.04 Å². The zero-order valence-electron chi connectivity index (χ0n) is 9.54. The van der Waals surface area contributed by atoms with Crippen LogP contribution in [0.1, 0.15) is 27.2 Å². The van der Waals surface area contributed by atoms with Gasteiger partial charge in [0, 0.05) is 19.2 Å². The number of allylic oxidation sites excluding steroid dienone is 1. The minimum absolute atomic E-state index is 0.0424. The fourth-order valence-corrected chi connectivity index (χ4v) is 1.71. The van der Waals surface area contributed by atoms with Gasteiger partial charge in [-0.15, -0.1) is 0 Å². The summed E-state index contributed by atoms with van der Waals surface area (Å²) >= 11 is 0. The van der Waals surface area contributed by atoms with Gasteiger partial charge in [0.25, 0.3) is 0 Å². The molecule has 4 heteroatoms. The maximum absolute atomic E-state index is 11.8. The molecule has 0 aromatic carbocycles. The van der Waals surface area contributed by atoms with Crippen molar-refractivity contribution in [3.63, 3.8) is 0 Å². The van der Waals surface area contributed by atoms with Gasteiger partial charge < -0.3 is 10.2 Å². The number of piperazine rings is 1. The van der Waals surface area contributed by atoms with Gasteiger partial charge in [-0.3, -0.25) is 9.59 Å². The fraction of sp³-hybridized carbons (Fsp3) is 0.636. The molecule has 1 N–H and O–H groups in total. The standard InChI is InChI=1S/C11H18N2O2/c1-4-9-11(15)12-5-6-13(9)10(14)7-8(2)3/h7,9H,4-6H2,1-3H3,(H,12,15). The summed E-state index contributed by atoms with van der Waals surface area (Å²) in [6.07, 6.45) is 2.25. The lowest BCUT2D eigenvalue weighted by molar-refractivity contribution is -0.140. The summed E-state index contributed by atoms with van der Waals surface area (Å²) in [5.74, 6) is -0.101. The van der Waals surface area contributed by atoms with Gasteiger partial charge in [0.05, 0.1) is 0 Å². The van der Waals surface area contributed by atoms with Gasteiger partial charge >= 0.3 is 0 Å². The van der Waals surface area contributed by atoms with E-state index in [0.717, 1.165) is 5.57 Å². The normalized spacial score (nSPS) is 20.9. The summed E-state index contributed by atoms with van der Waals surface area (Å²) in [5, 5.41) is 2.77. The third-order valence-corrected chi connectivity index (χ3v) is 2.41. The molecule has 1 rings (SSSR count). The van der Waals surface area contributed by atoms with E-state index >= 15 is 0 Å². The molecule has 0 aromatic heterocycles. The lowest BCUT2D eigenvalue weighted by Gasteiger charge is -2.33. The maximum Gasteiger partial charge on any atom is 0.247 e. The zero-order chi connectivity index (χ0) is 11.4. The molecule has 1 atom stereocenters. The van der Waals surface area contributed by atoms with Crippen molar-refractivity contribution in [2.24, 2.45) is 0 Å². The molecule has 4 nitrogen and oxygen atoms in total. The summed E-state index contributed by atoms with van der Waals surface area (Å²) in [6, 6.07) is -0.304. The molecule has 1 aliphatic heterocycles. The number of rotatable bonds is 2. The van der Waals surface area contributed by atoms with Crippen LogP contribution in [0, 0.1) is 0 Å². The van der Waals surface area contributed by atoms with Crippen molar-refractivity contribution < 1.29 is 9.59 Å². The van der Waals surface area contributed by atoms with E-state index in [1.165, 1.54) is 0 Å². The quantitative estimate of drug-likeness (QED) is 0.682. The maximum atomic E-state index is 11.8. The van der Waals surface area contributed by atoms with Gasteiger partial charge in [-0.05, 0) is 20.3 Å². The van der Waals surface area contributed by atoms with Crippen molar-refractivity contribution in [3.8, 4) is 0 Å². The molecule has 1 fully saturated rings. The second-order valence-electron chi connectivity index (χ2n) is 3.97. The molecule has 2 amide bonds. The first-order valence-electron chi connectivity index (χ1n) is 5.29. The van der Waals surface area contributed by atoms with Crippen LogP contribution in [0.15, 0.2) is 11.6 Å². The number of amides is 2. The number of nitrogens with one attached hydrogen (secondary N) is 1. The van der Waals surface area contributed by atoms with Crippen LogP contribution in [0.3, 0.4) is 0 Å². The molecule has 1 heterocycles. The molecule has 0 spiro atoms. The Hall–Kier alpha value is -1.32. The summed E-state index contributed by atoms with van der Waals surface area (Å²) in [4.78, 5) is 24.9. The van der Waals surface area contributed by atoms with Crippen LogP contribution < -0.4 is 5.32 Å². The van der Waals surface area contributed by atoms with Crippen LogP contribution in [-0.2, 0) is 9.59 Å². The first-order valence-corrected chi connectivity index (χ1v) is 5.29. The predicted molar refractivity (Wildman–Crippen MR) is 58.2 cm³/mol. The van der Waals surface area contributed by atoms with Crippen molar-refractivity contribution in [1.29, 1.82) is 0 Å². The van der Waals surface area contributed by atoms with E-state index in [1.807, 2.05) is 20.8 Å². The Morgan fingerprint density at radius 3 is 2.80 bits per heavy atom. The monoisotopic (exact) mass is 210 g/mol. The highest BCUT2D eigenvalue weighted by Crippen LogP contribution is 2.09. The average molecular weight is 210 g/mol. The Balaban J connectivity index is 2.78. The second-order valence-corrected chi connectivity index (χ2v) is 3.97. The Labute approximate surface area is 90.3 Å². The largest absolute Gasteiger partial charge is 0.353 e. The third-order valence-electron chi connectivity index (χ3n) is 2.41. The van der Waals surface area contributed by atoms with Crippen molar-refractivity contribution in [2.45, 2.75) is 33.2 Å². The molecule has 1 saturated heterocycles. The number of hydrogen-bond donors (Lipinski definition) is 1. The van der Waals surface area contributed by atoms with Crippen LogP contribution in [0.2, 0.25) is 0 Å². The average Bonchev–Trinajstić information content (AvgIpc) is 2.16. The van der Waals surface area contributed by atoms with E-state index in [4.69, 9.17) is 0 Å². The number of hydrogen-bond acceptors (Lipinski definition) is 2. The van der Waals surface area contributed by atoms with Crippen LogP contribution in [0.25, 0.3) is 0 Å². The molecule has 0 aliphatic carbocycles. The van der Waals surface area contributed by atoms with Gasteiger partial charge in [0.15, 0.2) is 0 Å². The van der Waals surface area contributed by atoms with Crippen molar-refractivity contribution in [2.75, 3.05) is 13.1 Å². The Bertz CT molecular complexity index is 293. The van der Waals surface area contributed by atoms with E-state index < -0.39 is 0 Å². The molecular formula is C11H18N2O2. The molecule has 0 saturated carbocycles. The number of nitrogens with zero attached hydrogens (tertiary/aromatic N) is 1. The van der Waals surface area contributed by atoms with Crippen molar-refractivity contribution in [3.05, 3.63) is 11.6 Å². The van der Waals surface area contributed by atoms with Crippen LogP contribution in [0.5, 0.6) is 0 Å². The van der Waals surface area contributed by atoms with Crippen molar-refractivity contribution in [1.82, 2.24) is 10.2 Å². The molecule has 0 bridgehead atoms. The van der Waals surface area contributed by atoms with Gasteiger partial charge in [-0.2, -0.15) is 0 Å². The Kier molecular flexibility index (Phi) is 3.88. The highest BCUT2D eigenvalue weighted by Gasteiger charge is 2.30. The van der Waals surface area contributed by atoms with Crippen LogP contribution in [-0.4, -0.2) is 35.8 Å². The molecule has 0 radical (unpaired) electrons. The van der Waals surface area contributed by atoms with E-state index in [2.05, 4.69) is 5.32 Å². The van der Waals surface area contributed by atoms with E-state index in [9.17, 15) is 9.59 Å². The molecule has 0 aromatic rings. The Morgan fingerprint density at radius 1 is 1.60 bits per heavy atom. The van der Waals surface area contributed by atoms with E-state index in [0.29, 0.717) is 19.5 Å². The minimum Gasteiger partial charge on any atom is -0.353 e. The Morgan fingerprint density at radius 2 is 2.27 bits per heavy atom. The lowest BCUT2D eigenvalue weighted by Crippen LogP contribution is -2.56. The first-order chi connectivity index (χ1) is 7.06. The first kappa shape index (κ1) is 11.8. The topological polar surface area (TPSA) is 49.4 Å². The SMILES string of the molecule is CCC1C(=O)NCCN1C(=O)C=C(C)C. The van der Waals surface area contributed by atoms with E-state index in [-0.39, 0.29) is 17.9 Å². The summed E-state index contributed by atoms with van der Waals surface area (Å²) in [6.45, 7) is 6.83. The van der Waals surface area contributed by atoms with Crippen molar-refractivity contribution >= 4 is 11.8 Å². The molecule has 15 heavy (non-hydrogen) atoms. The smallest absolute Gasteiger partial charge is 0.247 e. The van der Waals surface area contributed by atoms with Gasteiger partial charge in [0.2, 0.25) is 11.8 Å². The summed E-state index contributed by atoms with van der Waals surface area (Å²) in [7, 11) is 0. The fourth-order valence-electron chi connectivity index (χ4n) is 1.71. The minimum atomic E-state index is -0.304. The summed E-state index contributed by atoms with van der Waals surface area (Å²) < 4.78 is 0. The van der Waals surface area contributed by atoms with Gasteiger partial charge in [-0.1, -0.05) is 12.5 Å². The van der Waals surface area contributed by atoms with E-state index in [1.54, 1.807) is 11.0 Å². The highest BCUT2D eigenvalue weighted by atomic mass is 16.2. The number of carbonyl (C=O) groups excluding carboxylic acids is 2.